The molecule has 0 atom stereocenters. The van der Waals surface area contributed by atoms with E-state index in [9.17, 15) is 26.7 Å². The second kappa shape index (κ2) is 5.45. The van der Waals surface area contributed by atoms with E-state index in [1.54, 1.807) is 0 Å². The van der Waals surface area contributed by atoms with Gasteiger partial charge in [-0.05, 0) is 24.3 Å². The van der Waals surface area contributed by atoms with Gasteiger partial charge < -0.3 is 5.11 Å². The fourth-order valence-electron chi connectivity index (χ4n) is 1.49. The molecule has 0 unspecified atom stereocenters. The van der Waals surface area contributed by atoms with Crippen molar-refractivity contribution in [3.63, 3.8) is 0 Å². The summed E-state index contributed by atoms with van der Waals surface area (Å²) in [4.78, 5) is -0.596. The molecule has 0 bridgehead atoms. The zero-order valence-electron chi connectivity index (χ0n) is 10.1. The Balaban J connectivity index is 2.44. The molecule has 2 aromatic carbocycles. The summed E-state index contributed by atoms with van der Waals surface area (Å²) in [6.45, 7) is 0. The summed E-state index contributed by atoms with van der Waals surface area (Å²) in [5.41, 5.74) is -0.523. The molecule has 9 heteroatoms. The Labute approximate surface area is 122 Å². The van der Waals surface area contributed by atoms with Gasteiger partial charge in [-0.15, -0.1) is 0 Å². The van der Waals surface area contributed by atoms with Crippen LogP contribution in [0.15, 0.2) is 35.2 Å². The number of halogens is 4. The van der Waals surface area contributed by atoms with E-state index in [0.717, 1.165) is 12.1 Å². The van der Waals surface area contributed by atoms with Crippen LogP contribution in [0.2, 0.25) is 5.02 Å². The highest BCUT2D eigenvalue weighted by atomic mass is 35.5. The molecule has 0 saturated heterocycles. The number of hydrogen-bond acceptors (Lipinski definition) is 3. The first-order valence-corrected chi connectivity index (χ1v) is 7.22. The van der Waals surface area contributed by atoms with Crippen molar-refractivity contribution in [1.82, 2.24) is 0 Å². The van der Waals surface area contributed by atoms with E-state index >= 15 is 0 Å². The Morgan fingerprint density at radius 3 is 2.33 bits per heavy atom. The first kappa shape index (κ1) is 15.5. The molecule has 0 aliphatic heterocycles. The van der Waals surface area contributed by atoms with Crippen molar-refractivity contribution < 1.29 is 26.7 Å². The van der Waals surface area contributed by atoms with Crippen LogP contribution in [0.1, 0.15) is 0 Å². The molecule has 2 aromatic rings. The fourth-order valence-corrected chi connectivity index (χ4v) is 2.77. The summed E-state index contributed by atoms with van der Waals surface area (Å²) in [5.74, 6) is -4.16. The monoisotopic (exact) mass is 337 g/mol. The van der Waals surface area contributed by atoms with Gasteiger partial charge in [0.25, 0.3) is 10.0 Å². The number of phenols is 1. The number of nitrogens with one attached hydrogen (secondary N) is 1. The number of aromatic hydroxyl groups is 1. The van der Waals surface area contributed by atoms with Crippen LogP contribution < -0.4 is 4.72 Å². The van der Waals surface area contributed by atoms with Crippen LogP contribution in [0.4, 0.5) is 18.9 Å². The van der Waals surface area contributed by atoms with E-state index in [0.29, 0.717) is 18.2 Å². The zero-order chi connectivity index (χ0) is 15.8. The average molecular weight is 338 g/mol. The van der Waals surface area contributed by atoms with Crippen LogP contribution in [-0.4, -0.2) is 13.5 Å². The van der Waals surface area contributed by atoms with Crippen LogP contribution >= 0.6 is 11.6 Å². The lowest BCUT2D eigenvalue weighted by atomic mass is 10.3. The number of phenolic OH excluding ortho intramolecular Hbond substituents is 1. The molecule has 0 heterocycles. The van der Waals surface area contributed by atoms with Gasteiger partial charge in [-0.25, -0.2) is 21.6 Å². The second-order valence-electron chi connectivity index (χ2n) is 3.97. The Hall–Kier alpha value is -1.93. The van der Waals surface area contributed by atoms with Crippen molar-refractivity contribution in [1.29, 1.82) is 0 Å². The molecule has 0 aliphatic carbocycles. The van der Waals surface area contributed by atoms with E-state index in [-0.39, 0.29) is 0 Å². The smallest absolute Gasteiger partial charge is 0.262 e. The minimum absolute atomic E-state index is 0.405. The van der Waals surface area contributed by atoms with Gasteiger partial charge in [0, 0.05) is 6.07 Å². The van der Waals surface area contributed by atoms with Gasteiger partial charge in [0.05, 0.1) is 15.6 Å². The predicted octanol–water partition coefficient (Wildman–Crippen LogP) is 3.26. The van der Waals surface area contributed by atoms with Crippen molar-refractivity contribution in [2.24, 2.45) is 0 Å². The van der Waals surface area contributed by atoms with E-state index in [1.165, 1.54) is 0 Å². The molecule has 21 heavy (non-hydrogen) atoms. The lowest BCUT2D eigenvalue weighted by Crippen LogP contribution is -2.13. The van der Waals surface area contributed by atoms with Crippen LogP contribution in [0.25, 0.3) is 0 Å². The highest BCUT2D eigenvalue weighted by molar-refractivity contribution is 7.92. The van der Waals surface area contributed by atoms with E-state index in [2.05, 4.69) is 0 Å². The summed E-state index contributed by atoms with van der Waals surface area (Å²) in [6, 6.07) is 3.38. The summed E-state index contributed by atoms with van der Waals surface area (Å²) >= 11 is 5.51. The number of anilines is 1. The minimum Gasteiger partial charge on any atom is -0.504 e. The normalized spacial score (nSPS) is 11.4. The van der Waals surface area contributed by atoms with Crippen LogP contribution in [0, 0.1) is 17.5 Å². The van der Waals surface area contributed by atoms with Gasteiger partial charge in [0.2, 0.25) is 0 Å². The van der Waals surface area contributed by atoms with Crippen LogP contribution in [-0.2, 0) is 10.0 Å². The quantitative estimate of drug-likeness (QED) is 0.845. The third-order valence-electron chi connectivity index (χ3n) is 2.47. The Morgan fingerprint density at radius 2 is 1.71 bits per heavy atom. The standard InChI is InChI=1S/C12H7ClF3NO3S/c13-8-3-6(14)4-11(12(8)18)17-21(19,20)7-1-2-9(15)10(16)5-7/h1-5,17-18H. The van der Waals surface area contributed by atoms with Crippen molar-refractivity contribution >= 4 is 27.3 Å². The topological polar surface area (TPSA) is 66.4 Å². The number of sulfonamides is 1. The Kier molecular flexibility index (Phi) is 4.02. The van der Waals surface area contributed by atoms with Gasteiger partial charge >= 0.3 is 0 Å². The summed E-state index contributed by atoms with van der Waals surface area (Å²) in [6.07, 6.45) is 0. The van der Waals surface area contributed by atoms with Gasteiger partial charge in [-0.2, -0.15) is 0 Å². The van der Waals surface area contributed by atoms with Gasteiger partial charge in [-0.1, -0.05) is 11.6 Å². The number of rotatable bonds is 3. The van der Waals surface area contributed by atoms with Crippen LogP contribution in [0.5, 0.6) is 5.75 Å². The molecule has 4 nitrogen and oxygen atoms in total. The summed E-state index contributed by atoms with van der Waals surface area (Å²) in [5, 5.41) is 9.17. The SMILES string of the molecule is O=S(=O)(Nc1cc(F)cc(Cl)c1O)c1ccc(F)c(F)c1. The van der Waals surface area contributed by atoms with Crippen molar-refractivity contribution in [3.05, 3.63) is 52.8 Å². The van der Waals surface area contributed by atoms with E-state index in [1.807, 2.05) is 4.72 Å². The van der Waals surface area contributed by atoms with Crippen molar-refractivity contribution in [3.8, 4) is 5.75 Å². The summed E-state index contributed by atoms with van der Waals surface area (Å²) in [7, 11) is -4.35. The molecule has 0 spiro atoms. The fraction of sp³-hybridized carbons (Fsp3) is 0. The molecule has 0 amide bonds. The number of benzene rings is 2. The average Bonchev–Trinajstić information content (AvgIpc) is 2.38. The molecule has 112 valence electrons. The highest BCUT2D eigenvalue weighted by Crippen LogP contribution is 2.34. The van der Waals surface area contributed by atoms with Crippen LogP contribution in [0.3, 0.4) is 0 Å². The predicted molar refractivity (Wildman–Crippen MR) is 70.2 cm³/mol. The van der Waals surface area contributed by atoms with Crippen molar-refractivity contribution in [2.45, 2.75) is 4.90 Å². The summed E-state index contributed by atoms with van der Waals surface area (Å²) < 4.78 is 64.8. The Morgan fingerprint density at radius 1 is 1.05 bits per heavy atom. The van der Waals surface area contributed by atoms with Gasteiger partial charge in [-0.3, -0.25) is 4.72 Å². The highest BCUT2D eigenvalue weighted by Gasteiger charge is 2.19. The largest absolute Gasteiger partial charge is 0.504 e. The number of hydrogen-bond donors (Lipinski definition) is 2. The molecule has 0 fully saturated rings. The van der Waals surface area contributed by atoms with E-state index in [4.69, 9.17) is 11.6 Å². The molecule has 2 rings (SSSR count). The van der Waals surface area contributed by atoms with Gasteiger partial charge in [0.1, 0.15) is 5.82 Å². The van der Waals surface area contributed by atoms with E-state index < -0.39 is 48.8 Å². The van der Waals surface area contributed by atoms with Gasteiger partial charge in [0.15, 0.2) is 17.4 Å². The van der Waals surface area contributed by atoms with Crippen molar-refractivity contribution in [2.75, 3.05) is 4.72 Å². The molecular formula is C12H7ClF3NO3S. The lowest BCUT2D eigenvalue weighted by molar-refractivity contribution is 0.476. The minimum atomic E-state index is -4.35. The molecule has 0 aliphatic rings. The maximum atomic E-state index is 13.2. The maximum Gasteiger partial charge on any atom is 0.262 e. The molecule has 0 aromatic heterocycles. The molecule has 2 N–H and O–H groups in total. The maximum absolute atomic E-state index is 13.2. The first-order chi connectivity index (χ1) is 9.70. The molecule has 0 radical (unpaired) electrons. The lowest BCUT2D eigenvalue weighted by Gasteiger charge is -2.11. The second-order valence-corrected chi connectivity index (χ2v) is 6.05. The Bertz CT molecular complexity index is 812. The third-order valence-corrected chi connectivity index (χ3v) is 4.13. The first-order valence-electron chi connectivity index (χ1n) is 5.36. The molecular weight excluding hydrogens is 331 g/mol. The zero-order valence-corrected chi connectivity index (χ0v) is 11.6. The third kappa shape index (κ3) is 3.22. The molecule has 0 saturated carbocycles.